The fourth-order valence-corrected chi connectivity index (χ4v) is 3.44. The molecule has 1 saturated heterocycles. The molecule has 1 aliphatic heterocycles. The van der Waals surface area contributed by atoms with Crippen LogP contribution in [0.4, 0.5) is 15.9 Å². The molecule has 0 unspecified atom stereocenters. The Morgan fingerprint density at radius 3 is 2.36 bits per heavy atom. The zero-order valence-electron chi connectivity index (χ0n) is 14.5. The molecule has 0 spiro atoms. The van der Waals surface area contributed by atoms with E-state index in [2.05, 4.69) is 31.8 Å². The van der Waals surface area contributed by atoms with E-state index in [1.165, 1.54) is 12.1 Å². The average molecular weight is 340 g/mol. The Bertz CT molecular complexity index is 880. The first-order valence-corrected chi connectivity index (χ1v) is 8.61. The molecule has 3 aromatic rings. The number of nitrogens with zero attached hydrogens (tertiary/aromatic N) is 6. The van der Waals surface area contributed by atoms with Crippen molar-refractivity contribution in [2.24, 2.45) is 0 Å². The van der Waals surface area contributed by atoms with Gasteiger partial charge in [0, 0.05) is 38.4 Å². The number of anilines is 2. The van der Waals surface area contributed by atoms with Gasteiger partial charge in [-0.25, -0.2) is 14.4 Å². The maximum Gasteiger partial charge on any atom is 0.158 e. The number of aromatic nitrogens is 4. The fourth-order valence-electron chi connectivity index (χ4n) is 3.44. The average Bonchev–Trinajstić information content (AvgIpc) is 2.99. The molecule has 1 aliphatic rings. The van der Waals surface area contributed by atoms with Crippen molar-refractivity contribution in [3.63, 3.8) is 0 Å². The molecule has 1 fully saturated rings. The summed E-state index contributed by atoms with van der Waals surface area (Å²) in [7, 11) is 0. The largest absolute Gasteiger partial charge is 0.368 e. The Morgan fingerprint density at radius 2 is 1.68 bits per heavy atom. The van der Waals surface area contributed by atoms with E-state index in [9.17, 15) is 4.39 Å². The second kappa shape index (κ2) is 6.31. The van der Waals surface area contributed by atoms with Gasteiger partial charge in [-0.05, 0) is 38.1 Å². The third-order valence-electron chi connectivity index (χ3n) is 4.75. The van der Waals surface area contributed by atoms with Crippen molar-refractivity contribution < 1.29 is 4.39 Å². The Morgan fingerprint density at radius 1 is 1.00 bits per heavy atom. The molecular weight excluding hydrogens is 319 g/mol. The molecule has 130 valence electrons. The number of rotatable bonds is 3. The van der Waals surface area contributed by atoms with Gasteiger partial charge in [-0.2, -0.15) is 5.10 Å². The van der Waals surface area contributed by atoms with Gasteiger partial charge in [-0.15, -0.1) is 0 Å². The zero-order valence-corrected chi connectivity index (χ0v) is 14.5. The molecule has 6 nitrogen and oxygen atoms in total. The highest BCUT2D eigenvalue weighted by Crippen LogP contribution is 2.27. The van der Waals surface area contributed by atoms with Crippen molar-refractivity contribution in [3.8, 4) is 0 Å². The monoisotopic (exact) mass is 340 g/mol. The minimum Gasteiger partial charge on any atom is -0.368 e. The Labute approximate surface area is 145 Å². The molecule has 25 heavy (non-hydrogen) atoms. The first-order valence-electron chi connectivity index (χ1n) is 8.61. The van der Waals surface area contributed by atoms with Gasteiger partial charge in [0.2, 0.25) is 0 Å². The maximum atomic E-state index is 13.1. The first kappa shape index (κ1) is 15.8. The Kier molecular flexibility index (Phi) is 3.99. The zero-order chi connectivity index (χ0) is 17.4. The lowest BCUT2D eigenvalue weighted by Gasteiger charge is -2.36. The van der Waals surface area contributed by atoms with Crippen LogP contribution in [0, 0.1) is 12.7 Å². The third-order valence-corrected chi connectivity index (χ3v) is 4.75. The summed E-state index contributed by atoms with van der Waals surface area (Å²) in [4.78, 5) is 13.5. The van der Waals surface area contributed by atoms with E-state index in [4.69, 9.17) is 0 Å². The second-order valence-corrected chi connectivity index (χ2v) is 6.25. The van der Waals surface area contributed by atoms with Crippen LogP contribution in [-0.4, -0.2) is 45.9 Å². The van der Waals surface area contributed by atoms with E-state index in [1.54, 1.807) is 6.33 Å². The number of benzene rings is 1. The van der Waals surface area contributed by atoms with E-state index in [1.807, 2.05) is 23.7 Å². The molecule has 0 radical (unpaired) electrons. The number of fused-ring (bicyclic) bond motifs is 1. The molecule has 1 aromatic carbocycles. The summed E-state index contributed by atoms with van der Waals surface area (Å²) in [6.45, 7) is 8.31. The molecule has 0 saturated carbocycles. The summed E-state index contributed by atoms with van der Waals surface area (Å²) >= 11 is 0. The maximum absolute atomic E-state index is 13.1. The molecule has 4 rings (SSSR count). The molecule has 0 N–H and O–H groups in total. The van der Waals surface area contributed by atoms with Gasteiger partial charge in [-0.3, -0.25) is 4.68 Å². The van der Waals surface area contributed by atoms with Crippen molar-refractivity contribution in [1.29, 1.82) is 0 Å². The van der Waals surface area contributed by atoms with Crippen LogP contribution in [0.3, 0.4) is 0 Å². The van der Waals surface area contributed by atoms with E-state index in [0.717, 1.165) is 61.0 Å². The summed E-state index contributed by atoms with van der Waals surface area (Å²) in [5, 5.41) is 4.58. The molecule has 2 aromatic heterocycles. The smallest absolute Gasteiger partial charge is 0.158 e. The second-order valence-electron chi connectivity index (χ2n) is 6.25. The number of hydrogen-bond donors (Lipinski definition) is 0. The summed E-state index contributed by atoms with van der Waals surface area (Å²) in [6, 6.07) is 6.70. The summed E-state index contributed by atoms with van der Waals surface area (Å²) in [5.41, 5.74) is 3.93. The Balaban J connectivity index is 1.58. The van der Waals surface area contributed by atoms with Gasteiger partial charge in [0.15, 0.2) is 5.82 Å². The predicted molar refractivity (Wildman–Crippen MR) is 96.6 cm³/mol. The van der Waals surface area contributed by atoms with Gasteiger partial charge < -0.3 is 9.80 Å². The standard InChI is InChI=1S/C18H21FN6/c1-3-25-17-16(13(2)22-25)20-12-21-18(17)24-10-8-23(9-11-24)15-6-4-14(19)5-7-15/h4-7,12H,3,8-11H2,1-2H3. The lowest BCUT2D eigenvalue weighted by atomic mass is 10.2. The summed E-state index contributed by atoms with van der Waals surface area (Å²) in [5.74, 6) is 0.750. The van der Waals surface area contributed by atoms with Crippen LogP contribution in [0.2, 0.25) is 0 Å². The van der Waals surface area contributed by atoms with Gasteiger partial charge in [0.25, 0.3) is 0 Å². The normalized spacial score (nSPS) is 15.2. The van der Waals surface area contributed by atoms with Crippen molar-refractivity contribution in [3.05, 3.63) is 42.1 Å². The van der Waals surface area contributed by atoms with Gasteiger partial charge in [0.1, 0.15) is 23.2 Å². The van der Waals surface area contributed by atoms with Gasteiger partial charge >= 0.3 is 0 Å². The van der Waals surface area contributed by atoms with Crippen LogP contribution < -0.4 is 9.80 Å². The van der Waals surface area contributed by atoms with Crippen molar-refractivity contribution >= 4 is 22.5 Å². The molecule has 0 bridgehead atoms. The number of aryl methyl sites for hydroxylation is 2. The first-order chi connectivity index (χ1) is 12.2. The number of piperazine rings is 1. The third kappa shape index (κ3) is 2.79. The minimum atomic E-state index is -0.200. The SMILES string of the molecule is CCn1nc(C)c2ncnc(N3CCN(c4ccc(F)cc4)CC3)c21. The minimum absolute atomic E-state index is 0.200. The quantitative estimate of drug-likeness (QED) is 0.734. The lowest BCUT2D eigenvalue weighted by Crippen LogP contribution is -2.47. The Hall–Kier alpha value is -2.70. The van der Waals surface area contributed by atoms with E-state index in [-0.39, 0.29) is 5.82 Å². The van der Waals surface area contributed by atoms with Crippen LogP contribution in [0.1, 0.15) is 12.6 Å². The van der Waals surface area contributed by atoms with E-state index < -0.39 is 0 Å². The summed E-state index contributed by atoms with van der Waals surface area (Å²) < 4.78 is 15.1. The van der Waals surface area contributed by atoms with Crippen LogP contribution in [-0.2, 0) is 6.54 Å². The van der Waals surface area contributed by atoms with Gasteiger partial charge in [0.05, 0.1) is 5.69 Å². The predicted octanol–water partition coefficient (Wildman–Crippen LogP) is 2.62. The van der Waals surface area contributed by atoms with Crippen molar-refractivity contribution in [2.45, 2.75) is 20.4 Å². The topological polar surface area (TPSA) is 50.1 Å². The molecular formula is C18H21FN6. The van der Waals surface area contributed by atoms with Crippen LogP contribution >= 0.6 is 0 Å². The van der Waals surface area contributed by atoms with E-state index in [0.29, 0.717) is 0 Å². The van der Waals surface area contributed by atoms with Crippen molar-refractivity contribution in [2.75, 3.05) is 36.0 Å². The molecule has 0 atom stereocenters. The van der Waals surface area contributed by atoms with Crippen LogP contribution in [0.5, 0.6) is 0 Å². The van der Waals surface area contributed by atoms with Crippen LogP contribution in [0.25, 0.3) is 11.0 Å². The number of halogens is 1. The van der Waals surface area contributed by atoms with Crippen molar-refractivity contribution in [1.82, 2.24) is 19.7 Å². The van der Waals surface area contributed by atoms with Gasteiger partial charge in [-0.1, -0.05) is 0 Å². The highest BCUT2D eigenvalue weighted by atomic mass is 19.1. The summed E-state index contributed by atoms with van der Waals surface area (Å²) in [6.07, 6.45) is 1.62. The molecule has 3 heterocycles. The van der Waals surface area contributed by atoms with Crippen LogP contribution in [0.15, 0.2) is 30.6 Å². The highest BCUT2D eigenvalue weighted by Gasteiger charge is 2.22. The fraction of sp³-hybridized carbons (Fsp3) is 0.389. The molecule has 0 aliphatic carbocycles. The van der Waals surface area contributed by atoms with E-state index >= 15 is 0 Å². The molecule has 0 amide bonds. The number of hydrogen-bond acceptors (Lipinski definition) is 5. The highest BCUT2D eigenvalue weighted by molar-refractivity contribution is 5.87. The lowest BCUT2D eigenvalue weighted by molar-refractivity contribution is 0.623. The molecule has 7 heteroatoms.